The van der Waals surface area contributed by atoms with Crippen molar-refractivity contribution < 1.29 is 15.0 Å². The van der Waals surface area contributed by atoms with Crippen LogP contribution in [-0.2, 0) is 0 Å². The highest BCUT2D eigenvalue weighted by Crippen LogP contribution is 2.21. The predicted octanol–water partition coefficient (Wildman–Crippen LogP) is 0.239. The summed E-state index contributed by atoms with van der Waals surface area (Å²) in [7, 11) is 0. The summed E-state index contributed by atoms with van der Waals surface area (Å²) >= 11 is 0. The van der Waals surface area contributed by atoms with Gasteiger partial charge in [0.15, 0.2) is 5.78 Å². The van der Waals surface area contributed by atoms with Gasteiger partial charge >= 0.3 is 0 Å². The standard InChI is InChI=1S/C8H9NO3/c9-4-8(12)6-3-5(10)1-2-7(6)11/h1-3,10-11H,4,9H2. The second-order valence-electron chi connectivity index (χ2n) is 2.33. The Morgan fingerprint density at radius 1 is 1.42 bits per heavy atom. The van der Waals surface area contributed by atoms with Crippen molar-refractivity contribution in [3.05, 3.63) is 23.8 Å². The van der Waals surface area contributed by atoms with Crippen molar-refractivity contribution >= 4 is 5.78 Å². The third-order valence-corrected chi connectivity index (χ3v) is 1.47. The van der Waals surface area contributed by atoms with Gasteiger partial charge in [-0.05, 0) is 18.2 Å². The van der Waals surface area contributed by atoms with Crippen molar-refractivity contribution in [1.29, 1.82) is 0 Å². The van der Waals surface area contributed by atoms with Crippen molar-refractivity contribution in [3.63, 3.8) is 0 Å². The first kappa shape index (κ1) is 8.55. The van der Waals surface area contributed by atoms with Gasteiger partial charge in [0.1, 0.15) is 11.5 Å². The van der Waals surface area contributed by atoms with Gasteiger partial charge in [-0.1, -0.05) is 0 Å². The van der Waals surface area contributed by atoms with E-state index in [0.29, 0.717) is 0 Å². The van der Waals surface area contributed by atoms with Crippen molar-refractivity contribution in [2.24, 2.45) is 5.73 Å². The molecule has 0 fully saturated rings. The molecule has 12 heavy (non-hydrogen) atoms. The molecule has 0 aliphatic rings. The van der Waals surface area contributed by atoms with E-state index in [4.69, 9.17) is 15.9 Å². The van der Waals surface area contributed by atoms with Crippen LogP contribution in [0.1, 0.15) is 10.4 Å². The van der Waals surface area contributed by atoms with Gasteiger partial charge in [0.05, 0.1) is 12.1 Å². The molecule has 64 valence electrons. The van der Waals surface area contributed by atoms with Crippen molar-refractivity contribution in [2.75, 3.05) is 6.54 Å². The number of phenols is 2. The van der Waals surface area contributed by atoms with Gasteiger partial charge in [-0.3, -0.25) is 4.79 Å². The summed E-state index contributed by atoms with van der Waals surface area (Å²) in [6.45, 7) is -0.184. The van der Waals surface area contributed by atoms with Crippen molar-refractivity contribution in [1.82, 2.24) is 0 Å². The number of carbonyl (C=O) groups excluding carboxylic acids is 1. The Morgan fingerprint density at radius 3 is 2.67 bits per heavy atom. The van der Waals surface area contributed by atoms with E-state index in [1.54, 1.807) is 0 Å². The van der Waals surface area contributed by atoms with Crippen LogP contribution in [0.4, 0.5) is 0 Å². The average molecular weight is 167 g/mol. The lowest BCUT2D eigenvalue weighted by Crippen LogP contribution is -2.13. The second kappa shape index (κ2) is 3.23. The number of aromatic hydroxyl groups is 2. The van der Waals surface area contributed by atoms with E-state index in [9.17, 15) is 4.79 Å². The van der Waals surface area contributed by atoms with E-state index >= 15 is 0 Å². The zero-order valence-electron chi connectivity index (χ0n) is 6.32. The molecular weight excluding hydrogens is 158 g/mol. The van der Waals surface area contributed by atoms with Crippen LogP contribution in [0.3, 0.4) is 0 Å². The lowest BCUT2D eigenvalue weighted by atomic mass is 10.1. The fourth-order valence-electron chi connectivity index (χ4n) is 0.857. The number of ketones is 1. The summed E-state index contributed by atoms with van der Waals surface area (Å²) in [5.41, 5.74) is 5.13. The van der Waals surface area contributed by atoms with Gasteiger partial charge in [0.25, 0.3) is 0 Å². The summed E-state index contributed by atoms with van der Waals surface area (Å²) in [5, 5.41) is 18.1. The lowest BCUT2D eigenvalue weighted by molar-refractivity contribution is 0.0998. The topological polar surface area (TPSA) is 83.6 Å². The Bertz CT molecular complexity index is 309. The lowest BCUT2D eigenvalue weighted by Gasteiger charge is -2.01. The van der Waals surface area contributed by atoms with Gasteiger partial charge in [0, 0.05) is 0 Å². The van der Waals surface area contributed by atoms with Crippen LogP contribution in [0, 0.1) is 0 Å². The number of rotatable bonds is 2. The monoisotopic (exact) mass is 167 g/mol. The smallest absolute Gasteiger partial charge is 0.180 e. The Morgan fingerprint density at radius 2 is 2.08 bits per heavy atom. The molecular formula is C8H9NO3. The van der Waals surface area contributed by atoms with Crippen LogP contribution >= 0.6 is 0 Å². The molecule has 0 radical (unpaired) electrons. The van der Waals surface area contributed by atoms with Crippen LogP contribution in [0.15, 0.2) is 18.2 Å². The molecule has 0 saturated carbocycles. The number of benzene rings is 1. The van der Waals surface area contributed by atoms with E-state index in [1.165, 1.54) is 18.2 Å². The molecule has 0 saturated heterocycles. The highest BCUT2D eigenvalue weighted by Gasteiger charge is 2.09. The summed E-state index contributed by atoms with van der Waals surface area (Å²) in [4.78, 5) is 11.0. The average Bonchev–Trinajstić information content (AvgIpc) is 2.08. The van der Waals surface area contributed by atoms with E-state index in [0.717, 1.165) is 0 Å². The molecule has 0 atom stereocenters. The predicted molar refractivity (Wildman–Crippen MR) is 43.2 cm³/mol. The first-order valence-corrected chi connectivity index (χ1v) is 3.40. The second-order valence-corrected chi connectivity index (χ2v) is 2.33. The summed E-state index contributed by atoms with van der Waals surface area (Å²) in [6, 6.07) is 3.73. The highest BCUT2D eigenvalue weighted by atomic mass is 16.3. The molecule has 0 amide bonds. The normalized spacial score (nSPS) is 9.75. The first-order chi connectivity index (χ1) is 5.65. The summed E-state index contributed by atoms with van der Waals surface area (Å²) < 4.78 is 0. The fraction of sp³-hybridized carbons (Fsp3) is 0.125. The van der Waals surface area contributed by atoms with Crippen LogP contribution < -0.4 is 5.73 Å². The minimum atomic E-state index is -0.400. The molecule has 0 unspecified atom stereocenters. The number of hydrogen-bond acceptors (Lipinski definition) is 4. The van der Waals surface area contributed by atoms with E-state index in [1.807, 2.05) is 0 Å². The Balaban J connectivity index is 3.13. The van der Waals surface area contributed by atoms with Crippen LogP contribution in [0.2, 0.25) is 0 Å². The number of nitrogens with two attached hydrogens (primary N) is 1. The Hall–Kier alpha value is -1.55. The van der Waals surface area contributed by atoms with Gasteiger partial charge in [-0.15, -0.1) is 0 Å². The number of Topliss-reactive ketones (excluding diaryl/α,β-unsaturated/α-hetero) is 1. The van der Waals surface area contributed by atoms with Crippen LogP contribution in [-0.4, -0.2) is 22.5 Å². The molecule has 0 aliphatic heterocycles. The molecule has 4 nitrogen and oxygen atoms in total. The Labute approximate surface area is 69.3 Å². The van der Waals surface area contributed by atoms with E-state index in [2.05, 4.69) is 0 Å². The molecule has 1 aromatic carbocycles. The third kappa shape index (κ3) is 1.54. The molecule has 1 rings (SSSR count). The highest BCUT2D eigenvalue weighted by molar-refractivity contribution is 6.00. The number of phenolic OH excluding ortho intramolecular Hbond substituents is 2. The van der Waals surface area contributed by atoms with Crippen LogP contribution in [0.25, 0.3) is 0 Å². The largest absolute Gasteiger partial charge is 0.508 e. The van der Waals surface area contributed by atoms with Gasteiger partial charge in [-0.2, -0.15) is 0 Å². The van der Waals surface area contributed by atoms with Crippen molar-refractivity contribution in [3.8, 4) is 11.5 Å². The van der Waals surface area contributed by atoms with Crippen LogP contribution in [0.5, 0.6) is 11.5 Å². The third-order valence-electron chi connectivity index (χ3n) is 1.47. The maximum Gasteiger partial charge on any atom is 0.180 e. The molecule has 0 aliphatic carbocycles. The van der Waals surface area contributed by atoms with Gasteiger partial charge in [0.2, 0.25) is 0 Å². The van der Waals surface area contributed by atoms with Gasteiger partial charge in [-0.25, -0.2) is 0 Å². The summed E-state index contributed by atoms with van der Waals surface area (Å²) in [5.74, 6) is -0.628. The molecule has 4 heteroatoms. The molecule has 4 N–H and O–H groups in total. The molecule has 1 aromatic rings. The minimum absolute atomic E-state index is 0.0532. The maximum atomic E-state index is 11.0. The molecule has 0 bridgehead atoms. The number of carbonyl (C=O) groups is 1. The quantitative estimate of drug-likeness (QED) is 0.435. The fourth-order valence-corrected chi connectivity index (χ4v) is 0.857. The minimum Gasteiger partial charge on any atom is -0.508 e. The molecule has 0 aromatic heterocycles. The molecule has 0 spiro atoms. The molecule has 0 heterocycles. The Kier molecular flexibility index (Phi) is 2.30. The number of hydrogen-bond donors (Lipinski definition) is 3. The van der Waals surface area contributed by atoms with E-state index in [-0.39, 0.29) is 23.6 Å². The van der Waals surface area contributed by atoms with Gasteiger partial charge < -0.3 is 15.9 Å². The maximum absolute atomic E-state index is 11.0. The first-order valence-electron chi connectivity index (χ1n) is 3.40. The van der Waals surface area contributed by atoms with Crippen molar-refractivity contribution in [2.45, 2.75) is 0 Å². The van der Waals surface area contributed by atoms with E-state index < -0.39 is 5.78 Å². The zero-order chi connectivity index (χ0) is 9.14. The summed E-state index contributed by atoms with van der Waals surface area (Å²) in [6.07, 6.45) is 0. The SMILES string of the molecule is NCC(=O)c1cc(O)ccc1O. The zero-order valence-corrected chi connectivity index (χ0v) is 6.32.